The summed E-state index contributed by atoms with van der Waals surface area (Å²) in [6.45, 7) is 1.98. The van der Waals surface area contributed by atoms with Gasteiger partial charge < -0.3 is 10.4 Å². The largest absolute Gasteiger partial charge is 0.478 e. The van der Waals surface area contributed by atoms with Gasteiger partial charge in [0.15, 0.2) is 0 Å². The van der Waals surface area contributed by atoms with Gasteiger partial charge in [-0.2, -0.15) is 13.2 Å². The summed E-state index contributed by atoms with van der Waals surface area (Å²) in [4.78, 5) is 10.6. The Morgan fingerprint density at radius 3 is 2.32 bits per heavy atom. The Kier molecular flexibility index (Phi) is 5.35. The molecule has 0 saturated carbocycles. The summed E-state index contributed by atoms with van der Waals surface area (Å²) in [5.41, 5.74) is 0.914. The number of rotatable bonds is 6. The fourth-order valence-corrected chi connectivity index (χ4v) is 1.67. The van der Waals surface area contributed by atoms with Gasteiger partial charge in [0.25, 0.3) is 0 Å². The maximum absolute atomic E-state index is 12.3. The summed E-state index contributed by atoms with van der Waals surface area (Å²) >= 11 is 0. The Labute approximate surface area is 109 Å². The van der Waals surface area contributed by atoms with Gasteiger partial charge in [0.05, 0.1) is 12.0 Å². The lowest BCUT2D eigenvalue weighted by molar-refractivity contribution is -0.140. The summed E-state index contributed by atoms with van der Waals surface area (Å²) in [5.74, 6) is -1.02. The normalized spacial score (nSPS) is 13.3. The van der Waals surface area contributed by atoms with E-state index >= 15 is 0 Å². The van der Waals surface area contributed by atoms with Gasteiger partial charge in [0, 0.05) is 12.6 Å². The van der Waals surface area contributed by atoms with Crippen LogP contribution in [-0.2, 0) is 6.54 Å². The first-order valence-corrected chi connectivity index (χ1v) is 5.94. The number of carboxylic acids is 1. The molecule has 0 saturated heterocycles. The first kappa shape index (κ1) is 15.5. The van der Waals surface area contributed by atoms with E-state index in [-0.39, 0.29) is 12.1 Å². The third-order valence-corrected chi connectivity index (χ3v) is 2.77. The summed E-state index contributed by atoms with van der Waals surface area (Å²) in [5, 5.41) is 11.5. The highest BCUT2D eigenvalue weighted by molar-refractivity contribution is 5.87. The lowest BCUT2D eigenvalue weighted by atomic mass is 10.1. The van der Waals surface area contributed by atoms with E-state index < -0.39 is 24.6 Å². The van der Waals surface area contributed by atoms with Crippen molar-refractivity contribution in [3.8, 4) is 0 Å². The minimum absolute atomic E-state index is 0.158. The first-order valence-electron chi connectivity index (χ1n) is 5.94. The second kappa shape index (κ2) is 6.56. The molecule has 1 atom stereocenters. The molecule has 0 radical (unpaired) electrons. The Hall–Kier alpha value is -1.56. The lowest BCUT2D eigenvalue weighted by Gasteiger charge is -2.18. The third kappa shape index (κ3) is 5.74. The number of carbonyl (C=O) groups is 1. The topological polar surface area (TPSA) is 49.3 Å². The van der Waals surface area contributed by atoms with E-state index in [1.54, 1.807) is 19.1 Å². The highest BCUT2D eigenvalue weighted by Crippen LogP contribution is 2.22. The Morgan fingerprint density at radius 1 is 1.32 bits per heavy atom. The molecule has 0 aliphatic heterocycles. The zero-order valence-electron chi connectivity index (χ0n) is 10.5. The molecule has 1 unspecified atom stereocenters. The number of halogens is 3. The molecule has 19 heavy (non-hydrogen) atoms. The fraction of sp³-hybridized carbons (Fsp3) is 0.462. The number of hydrogen-bond acceptors (Lipinski definition) is 2. The van der Waals surface area contributed by atoms with Gasteiger partial charge in [-0.25, -0.2) is 4.79 Å². The molecule has 1 aromatic rings. The standard InChI is InChI=1S/C13H16F3NO2/c1-2-11(7-13(14,15)16)17-8-9-3-5-10(6-4-9)12(18)19/h3-6,11,17H,2,7-8H2,1H3,(H,18,19). The van der Waals surface area contributed by atoms with Crippen LogP contribution in [0.25, 0.3) is 0 Å². The molecule has 3 nitrogen and oxygen atoms in total. The second-order valence-corrected chi connectivity index (χ2v) is 4.31. The predicted molar refractivity (Wildman–Crippen MR) is 65.0 cm³/mol. The van der Waals surface area contributed by atoms with Crippen molar-refractivity contribution in [3.63, 3.8) is 0 Å². The van der Waals surface area contributed by atoms with Gasteiger partial charge in [-0.1, -0.05) is 19.1 Å². The minimum atomic E-state index is -4.18. The van der Waals surface area contributed by atoms with Crippen LogP contribution in [-0.4, -0.2) is 23.3 Å². The van der Waals surface area contributed by atoms with E-state index in [9.17, 15) is 18.0 Å². The molecular formula is C13H16F3NO2. The van der Waals surface area contributed by atoms with E-state index in [1.807, 2.05) is 0 Å². The molecule has 0 spiro atoms. The molecule has 6 heteroatoms. The van der Waals surface area contributed by atoms with Crippen LogP contribution in [0.3, 0.4) is 0 Å². The SMILES string of the molecule is CCC(CC(F)(F)F)NCc1ccc(C(=O)O)cc1. The summed E-state index contributed by atoms with van der Waals surface area (Å²) < 4.78 is 36.8. The molecular weight excluding hydrogens is 259 g/mol. The summed E-state index contributed by atoms with van der Waals surface area (Å²) in [6, 6.07) is 5.43. The van der Waals surface area contributed by atoms with Crippen molar-refractivity contribution in [2.45, 2.75) is 38.5 Å². The Morgan fingerprint density at radius 2 is 1.89 bits per heavy atom. The maximum atomic E-state index is 12.3. The Balaban J connectivity index is 2.53. The van der Waals surface area contributed by atoms with Gasteiger partial charge in [-0.15, -0.1) is 0 Å². The second-order valence-electron chi connectivity index (χ2n) is 4.31. The number of alkyl halides is 3. The molecule has 0 heterocycles. The van der Waals surface area contributed by atoms with Crippen molar-refractivity contribution in [2.75, 3.05) is 0 Å². The van der Waals surface area contributed by atoms with E-state index in [0.29, 0.717) is 6.42 Å². The molecule has 0 amide bonds. The molecule has 1 rings (SSSR count). The maximum Gasteiger partial charge on any atom is 0.390 e. The van der Waals surface area contributed by atoms with Crippen molar-refractivity contribution in [3.05, 3.63) is 35.4 Å². The summed E-state index contributed by atoms with van der Waals surface area (Å²) in [7, 11) is 0. The van der Waals surface area contributed by atoms with Gasteiger partial charge in [-0.3, -0.25) is 0 Å². The highest BCUT2D eigenvalue weighted by atomic mass is 19.4. The smallest absolute Gasteiger partial charge is 0.390 e. The molecule has 2 N–H and O–H groups in total. The number of hydrogen-bond donors (Lipinski definition) is 2. The van der Waals surface area contributed by atoms with Crippen molar-refractivity contribution in [2.24, 2.45) is 0 Å². The van der Waals surface area contributed by atoms with E-state index in [1.165, 1.54) is 12.1 Å². The Bertz CT molecular complexity index is 415. The predicted octanol–water partition coefficient (Wildman–Crippen LogP) is 3.21. The van der Waals surface area contributed by atoms with Crippen LogP contribution in [0.2, 0.25) is 0 Å². The molecule has 0 aromatic heterocycles. The summed E-state index contributed by atoms with van der Waals surface area (Å²) in [6.07, 6.45) is -4.66. The van der Waals surface area contributed by atoms with Crippen LogP contribution in [0, 0.1) is 0 Å². The highest BCUT2D eigenvalue weighted by Gasteiger charge is 2.30. The molecule has 0 bridgehead atoms. The first-order chi connectivity index (χ1) is 8.81. The van der Waals surface area contributed by atoms with Gasteiger partial charge in [-0.05, 0) is 24.1 Å². The third-order valence-electron chi connectivity index (χ3n) is 2.77. The molecule has 106 valence electrons. The number of carboxylic acid groups (broad SMARTS) is 1. The van der Waals surface area contributed by atoms with Crippen LogP contribution in [0.15, 0.2) is 24.3 Å². The van der Waals surface area contributed by atoms with E-state index in [4.69, 9.17) is 5.11 Å². The van der Waals surface area contributed by atoms with Crippen molar-refractivity contribution >= 4 is 5.97 Å². The average Bonchev–Trinajstić information content (AvgIpc) is 2.33. The van der Waals surface area contributed by atoms with Gasteiger partial charge in [0.1, 0.15) is 0 Å². The van der Waals surface area contributed by atoms with Crippen molar-refractivity contribution < 1.29 is 23.1 Å². The zero-order valence-corrected chi connectivity index (χ0v) is 10.5. The number of nitrogens with one attached hydrogen (secondary N) is 1. The van der Waals surface area contributed by atoms with Crippen molar-refractivity contribution in [1.82, 2.24) is 5.32 Å². The lowest BCUT2D eigenvalue weighted by Crippen LogP contribution is -2.32. The van der Waals surface area contributed by atoms with E-state index in [2.05, 4.69) is 5.32 Å². The molecule has 1 aromatic carbocycles. The van der Waals surface area contributed by atoms with Gasteiger partial charge >= 0.3 is 12.1 Å². The van der Waals surface area contributed by atoms with Crippen molar-refractivity contribution in [1.29, 1.82) is 0 Å². The number of benzene rings is 1. The fourth-order valence-electron chi connectivity index (χ4n) is 1.67. The molecule has 0 fully saturated rings. The van der Waals surface area contributed by atoms with Crippen LogP contribution in [0.5, 0.6) is 0 Å². The quantitative estimate of drug-likeness (QED) is 0.838. The number of aromatic carboxylic acids is 1. The minimum Gasteiger partial charge on any atom is -0.478 e. The van der Waals surface area contributed by atoms with E-state index in [0.717, 1.165) is 5.56 Å². The van der Waals surface area contributed by atoms with Crippen LogP contribution >= 0.6 is 0 Å². The van der Waals surface area contributed by atoms with Crippen LogP contribution in [0.1, 0.15) is 35.7 Å². The molecule has 0 aliphatic rings. The average molecular weight is 275 g/mol. The molecule has 0 aliphatic carbocycles. The van der Waals surface area contributed by atoms with Crippen LogP contribution < -0.4 is 5.32 Å². The zero-order chi connectivity index (χ0) is 14.5. The van der Waals surface area contributed by atoms with Gasteiger partial charge in [0.2, 0.25) is 0 Å². The monoisotopic (exact) mass is 275 g/mol. The van der Waals surface area contributed by atoms with Crippen LogP contribution in [0.4, 0.5) is 13.2 Å².